The Morgan fingerprint density at radius 1 is 1.30 bits per heavy atom. The lowest BCUT2D eigenvalue weighted by atomic mass is 9.86. The van der Waals surface area contributed by atoms with Gasteiger partial charge in [0.1, 0.15) is 16.8 Å². The van der Waals surface area contributed by atoms with Crippen LogP contribution in [0.25, 0.3) is 0 Å². The predicted molar refractivity (Wildman–Crippen MR) is 135 cm³/mol. The highest BCUT2D eigenvalue weighted by Crippen LogP contribution is 2.40. The molecule has 2 aliphatic rings. The number of esters is 1. The predicted octanol–water partition coefficient (Wildman–Crippen LogP) is 3.28. The lowest BCUT2D eigenvalue weighted by Gasteiger charge is -2.36. The van der Waals surface area contributed by atoms with Gasteiger partial charge in [0, 0.05) is 48.0 Å². The highest BCUT2D eigenvalue weighted by molar-refractivity contribution is 7.89. The second-order valence-electron chi connectivity index (χ2n) is 8.42. The van der Waals surface area contributed by atoms with Crippen molar-refractivity contribution in [2.24, 2.45) is 10.9 Å². The molecule has 0 bridgehead atoms. The van der Waals surface area contributed by atoms with Gasteiger partial charge in [0.25, 0.3) is 0 Å². The minimum Gasteiger partial charge on any atom is -0.466 e. The first-order valence-electron chi connectivity index (χ1n) is 11.3. The highest BCUT2D eigenvalue weighted by Gasteiger charge is 2.39. The molecule has 14 heteroatoms. The Bertz CT molecular complexity index is 1470. The lowest BCUT2D eigenvalue weighted by molar-refractivity contribution is -0.136. The fraction of sp³-hybridized carbons (Fsp3) is 0.304. The molecule has 1 atom stereocenters. The zero-order chi connectivity index (χ0) is 26.2. The van der Waals surface area contributed by atoms with Crippen LogP contribution < -0.4 is 5.32 Å². The molecule has 0 radical (unpaired) electrons. The van der Waals surface area contributed by atoms with Crippen LogP contribution in [0, 0.1) is 11.7 Å². The molecule has 2 aromatic heterocycles. The van der Waals surface area contributed by atoms with E-state index in [4.69, 9.17) is 21.3 Å². The van der Waals surface area contributed by atoms with Gasteiger partial charge in [-0.15, -0.1) is 11.3 Å². The van der Waals surface area contributed by atoms with E-state index >= 15 is 0 Å². The standard InChI is InChI=1S/C23H22ClFN6O4S2/c1-35-23(32)17-19(13-5-8-31(9-6-13)37(33,34)14-11-27-28-12-14)29-21(22-26-7-10-36-22)30-20(17)15-3-2-4-16(25)18(15)24/h2-4,7,10-13,20H,5-6,8-9H2,1H3,(H,27,28)(H,29,30). The minimum absolute atomic E-state index is 0.0928. The summed E-state index contributed by atoms with van der Waals surface area (Å²) < 4.78 is 46.8. The molecule has 5 rings (SSSR count). The molecule has 1 unspecified atom stereocenters. The third-order valence-corrected chi connectivity index (χ3v) is 9.41. The number of halogens is 2. The molecule has 37 heavy (non-hydrogen) atoms. The first kappa shape index (κ1) is 25.5. The van der Waals surface area contributed by atoms with Crippen molar-refractivity contribution < 1.29 is 22.3 Å². The van der Waals surface area contributed by atoms with Gasteiger partial charge in [-0.05, 0) is 18.9 Å². The Balaban J connectivity index is 1.54. The number of amidine groups is 1. The van der Waals surface area contributed by atoms with Crippen LogP contribution >= 0.6 is 22.9 Å². The molecule has 2 N–H and O–H groups in total. The Labute approximate surface area is 221 Å². The molecule has 0 spiro atoms. The summed E-state index contributed by atoms with van der Waals surface area (Å²) >= 11 is 7.68. The van der Waals surface area contributed by atoms with Crippen molar-refractivity contribution in [1.29, 1.82) is 0 Å². The number of nitrogens with zero attached hydrogens (tertiary/aromatic N) is 4. The lowest BCUT2D eigenvalue weighted by Crippen LogP contribution is -2.43. The number of sulfonamides is 1. The van der Waals surface area contributed by atoms with Crippen LogP contribution in [0.1, 0.15) is 29.5 Å². The number of H-pyrrole nitrogens is 1. The van der Waals surface area contributed by atoms with Crippen LogP contribution in [0.5, 0.6) is 0 Å². The molecule has 0 saturated carbocycles. The molecule has 0 aliphatic carbocycles. The zero-order valence-electron chi connectivity index (χ0n) is 19.5. The van der Waals surface area contributed by atoms with E-state index in [1.54, 1.807) is 17.6 Å². The van der Waals surface area contributed by atoms with E-state index in [1.807, 2.05) is 0 Å². The molecule has 10 nitrogen and oxygen atoms in total. The number of ether oxygens (including phenoxy) is 1. The number of carbonyl (C=O) groups is 1. The number of aliphatic imine (C=N–C) groups is 1. The highest BCUT2D eigenvalue weighted by atomic mass is 35.5. The number of hydrogen-bond donors (Lipinski definition) is 2. The fourth-order valence-electron chi connectivity index (χ4n) is 4.54. The first-order valence-corrected chi connectivity index (χ1v) is 14.0. The van der Waals surface area contributed by atoms with E-state index in [2.05, 4.69) is 20.5 Å². The molecular weight excluding hydrogens is 543 g/mol. The number of rotatable bonds is 6. The number of methoxy groups -OCH3 is 1. The van der Waals surface area contributed by atoms with Gasteiger partial charge in [-0.25, -0.2) is 22.6 Å². The molecule has 4 heterocycles. The maximum absolute atomic E-state index is 14.4. The molecule has 1 saturated heterocycles. The van der Waals surface area contributed by atoms with E-state index in [0.717, 1.165) is 0 Å². The average Bonchev–Trinajstić information content (AvgIpc) is 3.64. The molecule has 194 valence electrons. The van der Waals surface area contributed by atoms with Crippen molar-refractivity contribution in [1.82, 2.24) is 24.8 Å². The summed E-state index contributed by atoms with van der Waals surface area (Å²) in [5.41, 5.74) is 1.05. The zero-order valence-corrected chi connectivity index (χ0v) is 21.9. The first-order chi connectivity index (χ1) is 17.8. The summed E-state index contributed by atoms with van der Waals surface area (Å²) in [6, 6.07) is 3.41. The summed E-state index contributed by atoms with van der Waals surface area (Å²) in [6.45, 7) is 0.458. The molecule has 0 amide bonds. The van der Waals surface area contributed by atoms with Crippen molar-refractivity contribution >= 4 is 44.8 Å². The molecule has 2 aliphatic heterocycles. The van der Waals surface area contributed by atoms with E-state index in [-0.39, 0.29) is 34.5 Å². The van der Waals surface area contributed by atoms with E-state index < -0.39 is 27.9 Å². The average molecular weight is 565 g/mol. The normalized spacial score (nSPS) is 19.4. The molecule has 3 aromatic rings. The summed E-state index contributed by atoms with van der Waals surface area (Å²) in [5.74, 6) is -1.09. The number of hydrogen-bond acceptors (Lipinski definition) is 9. The molecule has 1 aromatic carbocycles. The van der Waals surface area contributed by atoms with Gasteiger partial charge < -0.3 is 10.1 Å². The smallest absolute Gasteiger partial charge is 0.338 e. The second kappa shape index (κ2) is 10.3. The van der Waals surface area contributed by atoms with Crippen molar-refractivity contribution in [3.8, 4) is 0 Å². The summed E-state index contributed by atoms with van der Waals surface area (Å²) in [6.07, 6.45) is 5.09. The van der Waals surface area contributed by atoms with Gasteiger partial charge in [0.2, 0.25) is 10.0 Å². The SMILES string of the molecule is COC(=O)C1=C(C2CCN(S(=O)(=O)c3cn[nH]c3)CC2)NC(c2nccs2)=NC1c1cccc(F)c1Cl. The number of nitrogens with one attached hydrogen (secondary N) is 2. The topological polar surface area (TPSA) is 130 Å². The van der Waals surface area contributed by atoms with Crippen LogP contribution in [0.15, 0.2) is 63.3 Å². The monoisotopic (exact) mass is 564 g/mol. The van der Waals surface area contributed by atoms with E-state index in [0.29, 0.717) is 34.9 Å². The number of aromatic amines is 1. The van der Waals surface area contributed by atoms with Gasteiger partial charge >= 0.3 is 5.97 Å². The van der Waals surface area contributed by atoms with E-state index in [9.17, 15) is 17.6 Å². The van der Waals surface area contributed by atoms with E-state index in [1.165, 1.54) is 47.3 Å². The van der Waals surface area contributed by atoms with Gasteiger partial charge in [0.15, 0.2) is 10.8 Å². The number of allylic oxidation sites excluding steroid dienone is 1. The Kier molecular flexibility index (Phi) is 7.12. The maximum atomic E-state index is 14.4. The summed E-state index contributed by atoms with van der Waals surface area (Å²) in [4.78, 5) is 22.2. The van der Waals surface area contributed by atoms with Crippen molar-refractivity contribution in [3.05, 3.63) is 74.9 Å². The summed E-state index contributed by atoms with van der Waals surface area (Å²) in [5, 5.41) is 11.8. The number of piperidine rings is 1. The number of benzene rings is 1. The van der Waals surface area contributed by atoms with Crippen molar-refractivity contribution in [2.75, 3.05) is 20.2 Å². The van der Waals surface area contributed by atoms with Gasteiger partial charge in [-0.1, -0.05) is 23.7 Å². The van der Waals surface area contributed by atoms with Crippen LogP contribution in [0.4, 0.5) is 4.39 Å². The number of aromatic nitrogens is 3. The summed E-state index contributed by atoms with van der Waals surface area (Å²) in [7, 11) is -2.44. The van der Waals surface area contributed by atoms with Crippen molar-refractivity contribution in [2.45, 2.75) is 23.8 Å². The van der Waals surface area contributed by atoms with Crippen LogP contribution in [0.3, 0.4) is 0 Å². The van der Waals surface area contributed by atoms with Gasteiger partial charge in [-0.3, -0.25) is 10.1 Å². The largest absolute Gasteiger partial charge is 0.466 e. The Hall–Kier alpha value is -3.13. The quantitative estimate of drug-likeness (QED) is 0.439. The Morgan fingerprint density at radius 2 is 2.08 bits per heavy atom. The maximum Gasteiger partial charge on any atom is 0.338 e. The number of carbonyl (C=O) groups excluding carboxylic acids is 1. The molecule has 1 fully saturated rings. The van der Waals surface area contributed by atoms with Crippen LogP contribution in [0.2, 0.25) is 5.02 Å². The second-order valence-corrected chi connectivity index (χ2v) is 11.6. The minimum atomic E-state index is -3.70. The number of thiazole rings is 1. The fourth-order valence-corrected chi connectivity index (χ4v) is 6.74. The van der Waals surface area contributed by atoms with Crippen LogP contribution in [-0.2, 0) is 19.6 Å². The van der Waals surface area contributed by atoms with Gasteiger partial charge in [0.05, 0.1) is 23.9 Å². The van der Waals surface area contributed by atoms with Crippen LogP contribution in [-0.4, -0.2) is 59.9 Å². The van der Waals surface area contributed by atoms with Gasteiger partial charge in [-0.2, -0.15) is 9.40 Å². The van der Waals surface area contributed by atoms with Crippen molar-refractivity contribution in [3.63, 3.8) is 0 Å². The molecular formula is C23H22ClFN6O4S2. The third kappa shape index (κ3) is 4.79. The third-order valence-electron chi connectivity index (χ3n) is 6.36. The Morgan fingerprint density at radius 3 is 2.73 bits per heavy atom.